The fourth-order valence-electron chi connectivity index (χ4n) is 3.83. The zero-order chi connectivity index (χ0) is 20.9. The number of aromatic nitrogens is 4. The van der Waals surface area contributed by atoms with E-state index in [-0.39, 0.29) is 22.1 Å². The lowest BCUT2D eigenvalue weighted by atomic mass is 10.1. The van der Waals surface area contributed by atoms with Crippen molar-refractivity contribution in [3.05, 3.63) is 61.3 Å². The summed E-state index contributed by atoms with van der Waals surface area (Å²) in [5.41, 5.74) is 3.62. The topological polar surface area (TPSA) is 75.5 Å². The molecule has 30 heavy (non-hydrogen) atoms. The van der Waals surface area contributed by atoms with E-state index in [9.17, 15) is 4.79 Å². The Morgan fingerprint density at radius 2 is 1.63 bits per heavy atom. The van der Waals surface area contributed by atoms with Gasteiger partial charge < -0.3 is 0 Å². The summed E-state index contributed by atoms with van der Waals surface area (Å²) in [6.45, 7) is 3.99. The number of rotatable bonds is 0. The minimum atomic E-state index is -0.290. The van der Waals surface area contributed by atoms with Gasteiger partial charge in [0.25, 0.3) is 5.56 Å². The number of fused-ring (bicyclic) bond motifs is 7. The molecule has 1 N–H and O–H groups in total. The quantitative estimate of drug-likeness (QED) is 0.325. The predicted molar refractivity (Wildman–Crippen MR) is 124 cm³/mol. The Hall–Kier alpha value is -2.52. The normalized spacial score (nSPS) is 12.3. The van der Waals surface area contributed by atoms with Crippen molar-refractivity contribution in [1.82, 2.24) is 18.8 Å². The highest BCUT2D eigenvalue weighted by molar-refractivity contribution is 7.24. The van der Waals surface area contributed by atoms with Crippen LogP contribution < -0.4 is 11.0 Å². The van der Waals surface area contributed by atoms with E-state index in [0.717, 1.165) is 26.0 Å². The molecule has 0 aliphatic heterocycles. The van der Waals surface area contributed by atoms with Crippen molar-refractivity contribution in [3.8, 4) is 0 Å². The summed E-state index contributed by atoms with van der Waals surface area (Å²) in [5.74, 6) is 0. The Morgan fingerprint density at radius 1 is 0.967 bits per heavy atom. The van der Waals surface area contributed by atoms with E-state index in [1.165, 1.54) is 22.7 Å². The summed E-state index contributed by atoms with van der Waals surface area (Å²) in [5, 5.41) is 9.83. The van der Waals surface area contributed by atoms with E-state index in [1.54, 1.807) is 20.9 Å². The van der Waals surface area contributed by atoms with Gasteiger partial charge in [-0.2, -0.15) is 9.97 Å². The fourth-order valence-corrected chi connectivity index (χ4v) is 6.41. The van der Waals surface area contributed by atoms with Crippen LogP contribution in [0.4, 0.5) is 0 Å². The second kappa shape index (κ2) is 6.01. The molecule has 0 saturated heterocycles. The molecule has 10 heteroatoms. The molecule has 148 valence electrons. The SMILES string of the molecule is Cc1ccc(C)c2c1sc1nc3nc4sc5cc(Cl)c(Cl)cc5n4c(=N)c3c(=O)n12. The van der Waals surface area contributed by atoms with Gasteiger partial charge in [-0.3, -0.25) is 14.6 Å². The van der Waals surface area contributed by atoms with Gasteiger partial charge in [-0.1, -0.05) is 58.0 Å². The van der Waals surface area contributed by atoms with E-state index in [0.29, 0.717) is 25.5 Å². The molecule has 4 heterocycles. The molecule has 0 bridgehead atoms. The van der Waals surface area contributed by atoms with Crippen LogP contribution >= 0.6 is 45.9 Å². The van der Waals surface area contributed by atoms with E-state index in [1.807, 2.05) is 26.0 Å². The molecule has 0 atom stereocenters. The molecule has 4 aromatic heterocycles. The number of halogens is 2. The van der Waals surface area contributed by atoms with E-state index >= 15 is 0 Å². The van der Waals surface area contributed by atoms with Gasteiger partial charge in [0.2, 0.25) is 0 Å². The molecule has 6 rings (SSSR count). The largest absolute Gasteiger partial charge is 0.283 e. The maximum Gasteiger partial charge on any atom is 0.272 e. The maximum atomic E-state index is 13.6. The van der Waals surface area contributed by atoms with Gasteiger partial charge in [0, 0.05) is 0 Å². The first kappa shape index (κ1) is 18.3. The van der Waals surface area contributed by atoms with Crippen molar-refractivity contribution < 1.29 is 0 Å². The van der Waals surface area contributed by atoms with E-state index in [4.69, 9.17) is 28.6 Å². The molecule has 0 spiro atoms. The fraction of sp³-hybridized carbons (Fsp3) is 0.100. The number of aryl methyl sites for hydroxylation is 2. The minimum absolute atomic E-state index is 0.0381. The standard InChI is InChI=1S/C20H11Cl2N5OS2/c1-7-3-4-8(2)15-14(7)27-18(28)13-16(23)26-11-5-9(21)10(22)6-12(11)29-19(26)24-17(13)25-20(27)30-15/h3-6,23H,1-2H3. The third-order valence-electron chi connectivity index (χ3n) is 5.28. The van der Waals surface area contributed by atoms with Gasteiger partial charge in [0.1, 0.15) is 10.9 Å². The lowest BCUT2D eigenvalue weighted by molar-refractivity contribution is 1.03. The minimum Gasteiger partial charge on any atom is -0.283 e. The van der Waals surface area contributed by atoms with Crippen molar-refractivity contribution in [2.75, 3.05) is 0 Å². The first-order valence-corrected chi connectivity index (χ1v) is 11.3. The Bertz CT molecular complexity index is 1840. The van der Waals surface area contributed by atoms with Crippen molar-refractivity contribution in [2.24, 2.45) is 0 Å². The molecule has 0 fully saturated rings. The summed E-state index contributed by atoms with van der Waals surface area (Å²) >= 11 is 15.2. The van der Waals surface area contributed by atoms with Gasteiger partial charge in [-0.05, 0) is 37.1 Å². The average Bonchev–Trinajstić information content (AvgIpc) is 3.24. The molecular weight excluding hydrogens is 461 g/mol. The lowest BCUT2D eigenvalue weighted by Gasteiger charge is -2.04. The molecule has 0 aliphatic carbocycles. The van der Waals surface area contributed by atoms with E-state index in [2.05, 4.69) is 9.97 Å². The second-order valence-electron chi connectivity index (χ2n) is 7.13. The monoisotopic (exact) mass is 471 g/mol. The molecule has 0 radical (unpaired) electrons. The van der Waals surface area contributed by atoms with Crippen LogP contribution in [-0.4, -0.2) is 18.8 Å². The molecule has 6 nitrogen and oxygen atoms in total. The third-order valence-corrected chi connectivity index (χ3v) is 8.18. The smallest absolute Gasteiger partial charge is 0.272 e. The first-order chi connectivity index (χ1) is 14.3. The summed E-state index contributed by atoms with van der Waals surface area (Å²) in [7, 11) is 0. The second-order valence-corrected chi connectivity index (χ2v) is 9.93. The van der Waals surface area contributed by atoms with Crippen molar-refractivity contribution >= 4 is 87.3 Å². The molecule has 6 aromatic rings. The average molecular weight is 472 g/mol. The number of hydrogen-bond donors (Lipinski definition) is 1. The molecule has 0 unspecified atom stereocenters. The van der Waals surface area contributed by atoms with Crippen molar-refractivity contribution in [3.63, 3.8) is 0 Å². The number of benzene rings is 2. The van der Waals surface area contributed by atoms with Crippen molar-refractivity contribution in [1.29, 1.82) is 5.41 Å². The maximum absolute atomic E-state index is 13.6. The Labute approximate surface area is 186 Å². The molecule has 0 saturated carbocycles. The molecular formula is C20H11Cl2N5OS2. The van der Waals surface area contributed by atoms with Gasteiger partial charge in [-0.15, -0.1) is 0 Å². The lowest BCUT2D eigenvalue weighted by Crippen LogP contribution is -2.25. The number of thiazole rings is 2. The Morgan fingerprint density at radius 3 is 2.40 bits per heavy atom. The number of nitrogens with one attached hydrogen (secondary N) is 1. The van der Waals surface area contributed by atoms with Crippen LogP contribution in [0, 0.1) is 19.3 Å². The molecule has 2 aromatic carbocycles. The van der Waals surface area contributed by atoms with Gasteiger partial charge in [0.15, 0.2) is 15.6 Å². The highest BCUT2D eigenvalue weighted by Gasteiger charge is 2.19. The number of hydrogen-bond acceptors (Lipinski definition) is 6. The predicted octanol–water partition coefficient (Wildman–Crippen LogP) is 5.33. The summed E-state index contributed by atoms with van der Waals surface area (Å²) in [6, 6.07) is 7.49. The van der Waals surface area contributed by atoms with Crippen LogP contribution in [0.25, 0.3) is 41.4 Å². The van der Waals surface area contributed by atoms with Crippen LogP contribution in [0.2, 0.25) is 10.0 Å². The van der Waals surface area contributed by atoms with Crippen LogP contribution in [0.15, 0.2) is 29.1 Å². The Balaban J connectivity index is 1.89. The van der Waals surface area contributed by atoms with Gasteiger partial charge >= 0.3 is 0 Å². The molecule has 0 aliphatic rings. The first-order valence-electron chi connectivity index (χ1n) is 8.95. The molecule has 0 amide bonds. The highest BCUT2D eigenvalue weighted by Crippen LogP contribution is 2.33. The van der Waals surface area contributed by atoms with Gasteiger partial charge in [0.05, 0.1) is 30.5 Å². The Kier molecular flexibility index (Phi) is 3.66. The van der Waals surface area contributed by atoms with Crippen LogP contribution in [-0.2, 0) is 0 Å². The summed E-state index contributed by atoms with van der Waals surface area (Å²) in [6.07, 6.45) is 0. The van der Waals surface area contributed by atoms with Gasteiger partial charge in [-0.25, -0.2) is 4.40 Å². The summed E-state index contributed by atoms with van der Waals surface area (Å²) in [4.78, 5) is 24.0. The summed E-state index contributed by atoms with van der Waals surface area (Å²) < 4.78 is 5.09. The van der Waals surface area contributed by atoms with Crippen LogP contribution in [0.5, 0.6) is 0 Å². The zero-order valence-corrected chi connectivity index (χ0v) is 18.7. The zero-order valence-electron chi connectivity index (χ0n) is 15.6. The van der Waals surface area contributed by atoms with Crippen LogP contribution in [0.1, 0.15) is 11.1 Å². The highest BCUT2D eigenvalue weighted by atomic mass is 35.5. The van der Waals surface area contributed by atoms with Crippen LogP contribution in [0.3, 0.4) is 0 Å². The number of nitrogens with zero attached hydrogens (tertiary/aromatic N) is 4. The van der Waals surface area contributed by atoms with E-state index < -0.39 is 0 Å². The third kappa shape index (κ3) is 2.24. The van der Waals surface area contributed by atoms with Crippen molar-refractivity contribution in [2.45, 2.75) is 13.8 Å².